The molecule has 2 rings (SSSR count). The Hall–Kier alpha value is -1.27. The first-order valence-corrected chi connectivity index (χ1v) is 10.3. The molecule has 0 aromatic heterocycles. The monoisotopic (exact) mass is 404 g/mol. The minimum atomic E-state index is -3.38. The molecule has 0 amide bonds. The molecule has 1 heterocycles. The van der Waals surface area contributed by atoms with Crippen LogP contribution in [-0.2, 0) is 16.0 Å². The standard InChI is InChI=1S/C14H20N4O4S3/c1-15(2)25(21,22)17-9-7-16(8-10-17)14(23)24-11-12-3-5-13(6-4-12)18(19)20/h3-6H,7-11H2,1-2H3. The van der Waals surface area contributed by atoms with Gasteiger partial charge in [0, 0.05) is 58.2 Å². The Labute approximate surface area is 157 Å². The van der Waals surface area contributed by atoms with Gasteiger partial charge in [-0.15, -0.1) is 0 Å². The largest absolute Gasteiger partial charge is 0.355 e. The Morgan fingerprint density at radius 2 is 1.80 bits per heavy atom. The normalized spacial score (nSPS) is 16.2. The van der Waals surface area contributed by atoms with E-state index in [0.717, 1.165) is 5.56 Å². The highest BCUT2D eigenvalue weighted by Crippen LogP contribution is 2.21. The number of hydrogen-bond acceptors (Lipinski definition) is 6. The lowest BCUT2D eigenvalue weighted by Gasteiger charge is -2.36. The molecule has 0 aliphatic carbocycles. The predicted molar refractivity (Wildman–Crippen MR) is 103 cm³/mol. The van der Waals surface area contributed by atoms with Crippen LogP contribution in [0.15, 0.2) is 24.3 Å². The molecule has 0 radical (unpaired) electrons. The van der Waals surface area contributed by atoms with Gasteiger partial charge in [-0.05, 0) is 5.56 Å². The van der Waals surface area contributed by atoms with Gasteiger partial charge in [0.2, 0.25) is 0 Å². The zero-order valence-electron chi connectivity index (χ0n) is 14.0. The second kappa shape index (κ2) is 8.41. The Morgan fingerprint density at radius 1 is 1.24 bits per heavy atom. The van der Waals surface area contributed by atoms with E-state index in [1.807, 2.05) is 4.90 Å². The molecule has 1 saturated heterocycles. The molecule has 1 aliphatic rings. The molecular formula is C14H20N4O4S3. The van der Waals surface area contributed by atoms with Crippen LogP contribution >= 0.6 is 24.0 Å². The number of nitrogens with zero attached hydrogens (tertiary/aromatic N) is 4. The van der Waals surface area contributed by atoms with Gasteiger partial charge < -0.3 is 4.90 Å². The average molecular weight is 405 g/mol. The second-order valence-electron chi connectivity index (χ2n) is 5.65. The maximum atomic E-state index is 12.1. The average Bonchev–Trinajstić information content (AvgIpc) is 2.60. The number of piperazine rings is 1. The minimum absolute atomic E-state index is 0.0644. The summed E-state index contributed by atoms with van der Waals surface area (Å²) in [7, 11) is -0.340. The molecule has 0 unspecified atom stereocenters. The molecule has 0 saturated carbocycles. The van der Waals surface area contributed by atoms with Crippen LogP contribution in [0.25, 0.3) is 0 Å². The van der Waals surface area contributed by atoms with Crippen molar-refractivity contribution in [1.29, 1.82) is 0 Å². The topological polar surface area (TPSA) is 87.0 Å². The number of nitro groups is 1. The maximum Gasteiger partial charge on any atom is 0.281 e. The minimum Gasteiger partial charge on any atom is -0.355 e. The molecule has 0 bridgehead atoms. The molecule has 1 fully saturated rings. The third kappa shape index (κ3) is 5.11. The van der Waals surface area contributed by atoms with Crippen LogP contribution in [-0.4, -0.2) is 71.4 Å². The van der Waals surface area contributed by atoms with Gasteiger partial charge in [-0.1, -0.05) is 36.1 Å². The number of thioether (sulfide) groups is 1. The fourth-order valence-corrected chi connectivity index (χ4v) is 4.58. The molecule has 11 heteroatoms. The van der Waals surface area contributed by atoms with Crippen LogP contribution in [0.4, 0.5) is 5.69 Å². The van der Waals surface area contributed by atoms with Gasteiger partial charge >= 0.3 is 0 Å². The molecule has 138 valence electrons. The molecule has 1 aromatic rings. The first-order valence-electron chi connectivity index (χ1n) is 7.54. The molecule has 1 aromatic carbocycles. The summed E-state index contributed by atoms with van der Waals surface area (Å²) in [6, 6.07) is 6.39. The van der Waals surface area contributed by atoms with Gasteiger partial charge in [0.1, 0.15) is 4.32 Å². The van der Waals surface area contributed by atoms with Crippen molar-refractivity contribution >= 4 is 44.2 Å². The van der Waals surface area contributed by atoms with E-state index in [1.165, 1.54) is 46.6 Å². The lowest BCUT2D eigenvalue weighted by molar-refractivity contribution is -0.384. The lowest BCUT2D eigenvalue weighted by Crippen LogP contribution is -2.52. The molecule has 1 aliphatic heterocycles. The number of rotatable bonds is 5. The van der Waals surface area contributed by atoms with Crippen molar-refractivity contribution in [2.75, 3.05) is 40.3 Å². The van der Waals surface area contributed by atoms with Crippen molar-refractivity contribution in [3.8, 4) is 0 Å². The number of hydrogen-bond donors (Lipinski definition) is 0. The first kappa shape index (κ1) is 20.0. The predicted octanol–water partition coefficient (Wildman–Crippen LogP) is 1.54. The summed E-state index contributed by atoms with van der Waals surface area (Å²) in [6.45, 7) is 1.91. The molecule has 25 heavy (non-hydrogen) atoms. The summed E-state index contributed by atoms with van der Waals surface area (Å²) in [4.78, 5) is 12.2. The highest BCUT2D eigenvalue weighted by atomic mass is 32.2. The van der Waals surface area contributed by atoms with Crippen LogP contribution in [0, 0.1) is 10.1 Å². The number of thiocarbonyl (C=S) groups is 1. The highest BCUT2D eigenvalue weighted by molar-refractivity contribution is 8.22. The molecule has 0 spiro atoms. The van der Waals surface area contributed by atoms with E-state index in [0.29, 0.717) is 36.3 Å². The lowest BCUT2D eigenvalue weighted by atomic mass is 10.2. The van der Waals surface area contributed by atoms with Crippen LogP contribution < -0.4 is 0 Å². The van der Waals surface area contributed by atoms with Crippen LogP contribution in [0.1, 0.15) is 5.56 Å². The Balaban J connectivity index is 1.84. The summed E-state index contributed by atoms with van der Waals surface area (Å²) in [6.07, 6.45) is 0. The fraction of sp³-hybridized carbons (Fsp3) is 0.500. The van der Waals surface area contributed by atoms with E-state index < -0.39 is 15.1 Å². The van der Waals surface area contributed by atoms with Gasteiger partial charge in [0.15, 0.2) is 0 Å². The van der Waals surface area contributed by atoms with Gasteiger partial charge in [0.25, 0.3) is 15.9 Å². The van der Waals surface area contributed by atoms with Gasteiger partial charge in [-0.2, -0.15) is 17.0 Å². The number of non-ortho nitro benzene ring substituents is 1. The summed E-state index contributed by atoms with van der Waals surface area (Å²) in [5, 5.41) is 10.6. The molecule has 8 nitrogen and oxygen atoms in total. The fourth-order valence-electron chi connectivity index (χ4n) is 2.28. The zero-order valence-corrected chi connectivity index (χ0v) is 16.4. The first-order chi connectivity index (χ1) is 11.7. The van der Waals surface area contributed by atoms with Crippen LogP contribution in [0.3, 0.4) is 0 Å². The summed E-state index contributed by atoms with van der Waals surface area (Å²) < 4.78 is 27.6. The quantitative estimate of drug-likeness (QED) is 0.418. The van der Waals surface area contributed by atoms with Crippen molar-refractivity contribution in [2.24, 2.45) is 0 Å². The zero-order chi connectivity index (χ0) is 18.6. The number of benzene rings is 1. The van der Waals surface area contributed by atoms with Gasteiger partial charge in [0.05, 0.1) is 4.92 Å². The summed E-state index contributed by atoms with van der Waals surface area (Å²) in [5.41, 5.74) is 1.02. The summed E-state index contributed by atoms with van der Waals surface area (Å²) in [5.74, 6) is 0.618. The van der Waals surface area contributed by atoms with E-state index in [2.05, 4.69) is 0 Å². The summed E-state index contributed by atoms with van der Waals surface area (Å²) >= 11 is 6.90. The van der Waals surface area contributed by atoms with Gasteiger partial charge in [-0.3, -0.25) is 10.1 Å². The third-order valence-corrected chi connectivity index (χ3v) is 7.33. The van der Waals surface area contributed by atoms with Crippen LogP contribution in [0.5, 0.6) is 0 Å². The van der Waals surface area contributed by atoms with Gasteiger partial charge in [-0.25, -0.2) is 0 Å². The third-order valence-electron chi connectivity index (χ3n) is 3.79. The highest BCUT2D eigenvalue weighted by Gasteiger charge is 2.29. The van der Waals surface area contributed by atoms with Crippen molar-refractivity contribution in [2.45, 2.75) is 5.75 Å². The van der Waals surface area contributed by atoms with Crippen LogP contribution in [0.2, 0.25) is 0 Å². The Morgan fingerprint density at radius 3 is 2.28 bits per heavy atom. The van der Waals surface area contributed by atoms with Crippen molar-refractivity contribution < 1.29 is 13.3 Å². The second-order valence-corrected chi connectivity index (χ2v) is 9.41. The Kier molecular flexibility index (Phi) is 6.74. The number of nitro benzene ring substituents is 1. The molecule has 0 N–H and O–H groups in total. The maximum absolute atomic E-state index is 12.1. The van der Waals surface area contributed by atoms with Crippen molar-refractivity contribution in [3.63, 3.8) is 0 Å². The van der Waals surface area contributed by atoms with E-state index in [9.17, 15) is 18.5 Å². The molecule has 0 atom stereocenters. The van der Waals surface area contributed by atoms with E-state index in [4.69, 9.17) is 12.2 Å². The smallest absolute Gasteiger partial charge is 0.281 e. The van der Waals surface area contributed by atoms with E-state index in [1.54, 1.807) is 12.1 Å². The SMILES string of the molecule is CN(C)S(=O)(=O)N1CCN(C(=S)SCc2ccc([N+](=O)[O-])cc2)CC1. The molecular weight excluding hydrogens is 384 g/mol. The Bertz CT molecular complexity index is 729. The van der Waals surface area contributed by atoms with Crippen molar-refractivity contribution in [1.82, 2.24) is 13.5 Å². The van der Waals surface area contributed by atoms with E-state index in [-0.39, 0.29) is 5.69 Å². The van der Waals surface area contributed by atoms with Crippen molar-refractivity contribution in [3.05, 3.63) is 39.9 Å². The van der Waals surface area contributed by atoms with E-state index >= 15 is 0 Å².